The predicted octanol–water partition coefficient (Wildman–Crippen LogP) is 1.47. The average molecular weight is 282 g/mol. The molecular weight excluding hydrogens is 264 g/mol. The number of nitro groups is 1. The number of anilines is 1. The third-order valence-electron chi connectivity index (χ3n) is 4.07. The van der Waals surface area contributed by atoms with Crippen LogP contribution < -0.4 is 4.90 Å². The Bertz CT molecular complexity index is 568. The Balaban J connectivity index is 2.61. The van der Waals surface area contributed by atoms with E-state index in [1.165, 1.54) is 4.68 Å². The molecule has 2 rings (SSSR count). The van der Waals surface area contributed by atoms with Crippen molar-refractivity contribution in [1.82, 2.24) is 9.78 Å². The second-order valence-corrected chi connectivity index (χ2v) is 5.08. The molecule has 1 aromatic heterocycles. The van der Waals surface area contributed by atoms with Gasteiger partial charge in [0.1, 0.15) is 11.2 Å². The Morgan fingerprint density at radius 3 is 2.75 bits per heavy atom. The van der Waals surface area contributed by atoms with Crippen molar-refractivity contribution in [3.8, 4) is 0 Å². The molecule has 0 aliphatic carbocycles. The third-order valence-corrected chi connectivity index (χ3v) is 4.07. The van der Waals surface area contributed by atoms with E-state index in [-0.39, 0.29) is 11.5 Å². The zero-order valence-corrected chi connectivity index (χ0v) is 11.8. The number of rotatable bonds is 4. The molecule has 1 aliphatic heterocycles. The molecule has 8 nitrogen and oxygen atoms in total. The summed E-state index contributed by atoms with van der Waals surface area (Å²) in [5, 5.41) is 24.9. The van der Waals surface area contributed by atoms with E-state index in [0.29, 0.717) is 31.5 Å². The minimum Gasteiger partial charge on any atom is -0.479 e. The highest BCUT2D eigenvalue weighted by molar-refractivity contribution is 5.85. The standard InChI is InChI=1S/C12H18N4O4/c1-4-12(11(17)18)6-5-7-15(12)10-9(16(19)20)8(2)13-14(10)3/h4-7H2,1-3H3,(H,17,18). The third kappa shape index (κ3) is 1.83. The summed E-state index contributed by atoms with van der Waals surface area (Å²) < 4.78 is 1.41. The summed E-state index contributed by atoms with van der Waals surface area (Å²) >= 11 is 0. The average Bonchev–Trinajstić information content (AvgIpc) is 2.89. The van der Waals surface area contributed by atoms with Gasteiger partial charge in [-0.05, 0) is 26.2 Å². The molecule has 0 spiro atoms. The summed E-state index contributed by atoms with van der Waals surface area (Å²) in [5.41, 5.74) is -0.881. The molecule has 1 fully saturated rings. The number of aromatic nitrogens is 2. The fraction of sp³-hybridized carbons (Fsp3) is 0.667. The molecule has 0 amide bonds. The topological polar surface area (TPSA) is 102 Å². The normalized spacial score (nSPS) is 22.2. The zero-order valence-electron chi connectivity index (χ0n) is 11.8. The maximum atomic E-state index is 11.7. The van der Waals surface area contributed by atoms with Crippen molar-refractivity contribution in [1.29, 1.82) is 0 Å². The molecular formula is C12H18N4O4. The summed E-state index contributed by atoms with van der Waals surface area (Å²) in [7, 11) is 1.61. The van der Waals surface area contributed by atoms with Gasteiger partial charge in [-0.3, -0.25) is 10.1 Å². The number of aliphatic carboxylic acids is 1. The molecule has 1 aliphatic rings. The highest BCUT2D eigenvalue weighted by Gasteiger charge is 2.49. The fourth-order valence-corrected chi connectivity index (χ4v) is 3.08. The van der Waals surface area contributed by atoms with Crippen LogP contribution in [0.2, 0.25) is 0 Å². The van der Waals surface area contributed by atoms with Crippen molar-refractivity contribution < 1.29 is 14.8 Å². The number of hydrogen-bond acceptors (Lipinski definition) is 5. The predicted molar refractivity (Wildman–Crippen MR) is 71.8 cm³/mol. The number of carboxylic acid groups (broad SMARTS) is 1. The smallest absolute Gasteiger partial charge is 0.333 e. The quantitative estimate of drug-likeness (QED) is 0.662. The Labute approximate surface area is 116 Å². The minimum absolute atomic E-state index is 0.103. The van der Waals surface area contributed by atoms with Gasteiger partial charge in [0, 0.05) is 13.6 Å². The molecule has 0 bridgehead atoms. The molecule has 20 heavy (non-hydrogen) atoms. The second-order valence-electron chi connectivity index (χ2n) is 5.08. The van der Waals surface area contributed by atoms with Crippen molar-refractivity contribution in [2.75, 3.05) is 11.4 Å². The zero-order chi connectivity index (χ0) is 15.1. The van der Waals surface area contributed by atoms with Crippen molar-refractivity contribution in [2.45, 2.75) is 38.6 Å². The molecule has 1 saturated heterocycles. The van der Waals surface area contributed by atoms with Gasteiger partial charge in [0.25, 0.3) is 0 Å². The van der Waals surface area contributed by atoms with Gasteiger partial charge in [-0.15, -0.1) is 0 Å². The first-order valence-corrected chi connectivity index (χ1v) is 6.54. The van der Waals surface area contributed by atoms with E-state index in [1.54, 1.807) is 25.8 Å². The van der Waals surface area contributed by atoms with Gasteiger partial charge in [-0.2, -0.15) is 5.10 Å². The van der Waals surface area contributed by atoms with E-state index >= 15 is 0 Å². The Kier molecular flexibility index (Phi) is 3.41. The van der Waals surface area contributed by atoms with Crippen molar-refractivity contribution in [3.63, 3.8) is 0 Å². The van der Waals surface area contributed by atoms with Crippen LogP contribution in [0.3, 0.4) is 0 Å². The largest absolute Gasteiger partial charge is 0.479 e. The number of nitrogens with zero attached hydrogens (tertiary/aromatic N) is 4. The van der Waals surface area contributed by atoms with Crippen LogP contribution in [-0.2, 0) is 11.8 Å². The highest BCUT2D eigenvalue weighted by atomic mass is 16.6. The molecule has 0 aromatic carbocycles. The minimum atomic E-state index is -1.08. The summed E-state index contributed by atoms with van der Waals surface area (Å²) in [6.07, 6.45) is 1.57. The van der Waals surface area contributed by atoms with E-state index in [2.05, 4.69) is 5.10 Å². The van der Waals surface area contributed by atoms with Crippen molar-refractivity contribution in [2.24, 2.45) is 7.05 Å². The van der Waals surface area contributed by atoms with E-state index in [9.17, 15) is 20.0 Å². The van der Waals surface area contributed by atoms with Crippen LogP contribution in [0.4, 0.5) is 11.5 Å². The maximum Gasteiger partial charge on any atom is 0.333 e. The van der Waals surface area contributed by atoms with E-state index in [0.717, 1.165) is 0 Å². The van der Waals surface area contributed by atoms with Crippen LogP contribution in [0.5, 0.6) is 0 Å². The molecule has 0 radical (unpaired) electrons. The van der Waals surface area contributed by atoms with Gasteiger partial charge in [0.2, 0.25) is 5.82 Å². The van der Waals surface area contributed by atoms with Crippen LogP contribution in [0, 0.1) is 17.0 Å². The molecule has 1 aromatic rings. The second kappa shape index (κ2) is 4.77. The molecule has 0 saturated carbocycles. The molecule has 1 unspecified atom stereocenters. The summed E-state index contributed by atoms with van der Waals surface area (Å²) in [6.45, 7) is 3.84. The van der Waals surface area contributed by atoms with Gasteiger partial charge in [0.15, 0.2) is 0 Å². The lowest BCUT2D eigenvalue weighted by Crippen LogP contribution is -2.51. The van der Waals surface area contributed by atoms with Gasteiger partial charge in [-0.1, -0.05) is 6.92 Å². The van der Waals surface area contributed by atoms with E-state index in [4.69, 9.17) is 0 Å². The molecule has 2 heterocycles. The van der Waals surface area contributed by atoms with Gasteiger partial charge in [-0.25, -0.2) is 9.48 Å². The first-order chi connectivity index (χ1) is 9.35. The first-order valence-electron chi connectivity index (χ1n) is 6.54. The first kappa shape index (κ1) is 14.3. The van der Waals surface area contributed by atoms with Gasteiger partial charge >= 0.3 is 11.7 Å². The van der Waals surface area contributed by atoms with E-state index in [1.807, 2.05) is 0 Å². The Morgan fingerprint density at radius 1 is 1.60 bits per heavy atom. The van der Waals surface area contributed by atoms with E-state index < -0.39 is 16.4 Å². The monoisotopic (exact) mass is 282 g/mol. The Morgan fingerprint density at radius 2 is 2.25 bits per heavy atom. The SMILES string of the molecule is CCC1(C(=O)O)CCCN1c1c([N+](=O)[O-])c(C)nn1C. The summed E-state index contributed by atoms with van der Waals surface area (Å²) in [6, 6.07) is 0. The summed E-state index contributed by atoms with van der Waals surface area (Å²) in [5.74, 6) is -0.653. The molecule has 110 valence electrons. The number of carbonyl (C=O) groups is 1. The molecule has 1 atom stereocenters. The van der Waals surface area contributed by atoms with Crippen LogP contribution >= 0.6 is 0 Å². The highest BCUT2D eigenvalue weighted by Crippen LogP contribution is 2.41. The summed E-state index contributed by atoms with van der Waals surface area (Å²) in [4.78, 5) is 24.1. The maximum absolute atomic E-state index is 11.7. The molecule has 1 N–H and O–H groups in total. The van der Waals surface area contributed by atoms with Crippen molar-refractivity contribution in [3.05, 3.63) is 15.8 Å². The van der Waals surface area contributed by atoms with Crippen molar-refractivity contribution >= 4 is 17.5 Å². The van der Waals surface area contributed by atoms with Crippen LogP contribution in [0.15, 0.2) is 0 Å². The lowest BCUT2D eigenvalue weighted by atomic mass is 9.93. The molecule has 8 heteroatoms. The van der Waals surface area contributed by atoms with Crippen LogP contribution in [0.25, 0.3) is 0 Å². The number of hydrogen-bond donors (Lipinski definition) is 1. The Hall–Kier alpha value is -2.12. The van der Waals surface area contributed by atoms with Crippen LogP contribution in [0.1, 0.15) is 31.9 Å². The lowest BCUT2D eigenvalue weighted by Gasteiger charge is -2.34. The number of aryl methyl sites for hydroxylation is 2. The lowest BCUT2D eigenvalue weighted by molar-refractivity contribution is -0.384. The van der Waals surface area contributed by atoms with Gasteiger partial charge in [0.05, 0.1) is 4.92 Å². The van der Waals surface area contributed by atoms with Gasteiger partial charge < -0.3 is 10.0 Å². The number of carboxylic acids is 1. The fourth-order valence-electron chi connectivity index (χ4n) is 3.08. The van der Waals surface area contributed by atoms with Crippen LogP contribution in [-0.4, -0.2) is 37.9 Å².